The van der Waals surface area contributed by atoms with Crippen LogP contribution in [0.5, 0.6) is 5.75 Å². The first-order chi connectivity index (χ1) is 18.6. The highest BCUT2D eigenvalue weighted by Gasteiger charge is 2.64. The van der Waals surface area contributed by atoms with Gasteiger partial charge in [0, 0.05) is 55.1 Å². The molecule has 1 fully saturated rings. The predicted molar refractivity (Wildman–Crippen MR) is 147 cm³/mol. The molecule has 0 bridgehead atoms. The van der Waals surface area contributed by atoms with Gasteiger partial charge in [-0.2, -0.15) is 0 Å². The number of aromatic nitrogens is 3. The number of ether oxygens (including phenoxy) is 2. The van der Waals surface area contributed by atoms with Crippen molar-refractivity contribution in [3.63, 3.8) is 0 Å². The number of aryl methyl sites for hydroxylation is 1. The first-order valence-electron chi connectivity index (χ1n) is 13.0. The molecule has 1 aromatic heterocycles. The molecule has 2 aliphatic rings. The molecular weight excluding hydrogens is 518 g/mol. The van der Waals surface area contributed by atoms with Crippen molar-refractivity contribution in [3.8, 4) is 5.75 Å². The lowest BCUT2D eigenvalue weighted by Crippen LogP contribution is -2.51. The SMILES string of the molecule is COc1ccc([Si](C)(C)[C@H]2[C@H](CCn3cc(CCO)nn3)O[C@@]3(C(=O)Nc4ccc([N+](=O)[O-])cc43)[C@@H]2C)cc1. The Morgan fingerprint density at radius 3 is 2.67 bits per heavy atom. The average molecular weight is 552 g/mol. The van der Waals surface area contributed by atoms with Crippen LogP contribution < -0.4 is 15.2 Å². The summed E-state index contributed by atoms with van der Waals surface area (Å²) >= 11 is 0. The van der Waals surface area contributed by atoms with Crippen LogP contribution in [0.15, 0.2) is 48.7 Å². The number of hydrogen-bond donors (Lipinski definition) is 2. The van der Waals surface area contributed by atoms with E-state index in [1.54, 1.807) is 17.9 Å². The summed E-state index contributed by atoms with van der Waals surface area (Å²) in [5.74, 6) is 0.229. The molecule has 5 rings (SSSR count). The maximum atomic E-state index is 13.7. The van der Waals surface area contributed by atoms with E-state index in [0.717, 1.165) is 5.75 Å². The largest absolute Gasteiger partial charge is 0.497 e. The van der Waals surface area contributed by atoms with Crippen LogP contribution in [0, 0.1) is 16.0 Å². The first kappa shape index (κ1) is 27.0. The zero-order chi connectivity index (χ0) is 27.9. The third-order valence-electron chi connectivity index (χ3n) is 8.38. The fraction of sp³-hybridized carbons (Fsp3) is 0.444. The summed E-state index contributed by atoms with van der Waals surface area (Å²) in [4.78, 5) is 24.9. The molecule has 0 unspecified atom stereocenters. The number of rotatable bonds is 9. The summed E-state index contributed by atoms with van der Waals surface area (Å²) in [6.07, 6.45) is 2.50. The Balaban J connectivity index is 1.55. The lowest BCUT2D eigenvalue weighted by atomic mass is 9.82. The van der Waals surface area contributed by atoms with Crippen molar-refractivity contribution in [2.45, 2.75) is 56.7 Å². The quantitative estimate of drug-likeness (QED) is 0.235. The number of amides is 1. The van der Waals surface area contributed by atoms with Gasteiger partial charge in [-0.15, -0.1) is 5.10 Å². The van der Waals surface area contributed by atoms with Gasteiger partial charge in [-0.25, -0.2) is 0 Å². The Kier molecular flexibility index (Phi) is 7.03. The number of benzene rings is 2. The van der Waals surface area contributed by atoms with Gasteiger partial charge in [0.05, 0.1) is 31.9 Å². The third-order valence-corrected chi connectivity index (χ3v) is 12.7. The summed E-state index contributed by atoms with van der Waals surface area (Å²) in [5.41, 5.74) is 0.361. The number of hydrogen-bond acceptors (Lipinski definition) is 8. The summed E-state index contributed by atoms with van der Waals surface area (Å²) < 4.78 is 13.9. The fourth-order valence-corrected chi connectivity index (χ4v) is 10.5. The normalized spacial score (nSPS) is 24.1. The first-order valence-corrected chi connectivity index (χ1v) is 16.1. The molecule has 39 heavy (non-hydrogen) atoms. The van der Waals surface area contributed by atoms with E-state index in [-0.39, 0.29) is 35.8 Å². The van der Waals surface area contributed by atoms with Gasteiger partial charge in [-0.05, 0) is 30.2 Å². The zero-order valence-electron chi connectivity index (χ0n) is 22.5. The number of nitro groups is 1. The number of carbonyl (C=O) groups excluding carboxylic acids is 1. The van der Waals surface area contributed by atoms with Crippen molar-refractivity contribution in [1.29, 1.82) is 0 Å². The predicted octanol–water partition coefficient (Wildman–Crippen LogP) is 2.99. The number of nitro benzene ring substituents is 1. The van der Waals surface area contributed by atoms with Crippen molar-refractivity contribution >= 4 is 30.5 Å². The summed E-state index contributed by atoms with van der Waals surface area (Å²) in [5, 5.41) is 33.3. The van der Waals surface area contributed by atoms with Crippen LogP contribution in [0.1, 0.15) is 24.6 Å². The smallest absolute Gasteiger partial charge is 0.269 e. The zero-order valence-corrected chi connectivity index (χ0v) is 23.5. The molecule has 2 N–H and O–H groups in total. The second-order valence-electron chi connectivity index (χ2n) is 10.8. The Morgan fingerprint density at radius 2 is 2.00 bits per heavy atom. The molecule has 0 radical (unpaired) electrons. The van der Waals surface area contributed by atoms with Gasteiger partial charge in [0.15, 0.2) is 5.60 Å². The molecular formula is C27H33N5O6Si. The van der Waals surface area contributed by atoms with Gasteiger partial charge < -0.3 is 19.9 Å². The highest BCUT2D eigenvalue weighted by atomic mass is 28.3. The van der Waals surface area contributed by atoms with Crippen LogP contribution in [0.2, 0.25) is 18.6 Å². The van der Waals surface area contributed by atoms with Gasteiger partial charge in [0.1, 0.15) is 5.75 Å². The van der Waals surface area contributed by atoms with E-state index >= 15 is 0 Å². The maximum absolute atomic E-state index is 13.7. The van der Waals surface area contributed by atoms with E-state index in [1.807, 2.05) is 25.3 Å². The number of nitrogens with zero attached hydrogens (tertiary/aromatic N) is 4. The highest BCUT2D eigenvalue weighted by Crippen LogP contribution is 2.59. The lowest BCUT2D eigenvalue weighted by molar-refractivity contribution is -0.385. The molecule has 3 aromatic rings. The van der Waals surface area contributed by atoms with Crippen molar-refractivity contribution in [2.24, 2.45) is 5.92 Å². The van der Waals surface area contributed by atoms with E-state index in [2.05, 4.69) is 40.9 Å². The second kappa shape index (κ2) is 10.2. The lowest BCUT2D eigenvalue weighted by Gasteiger charge is -2.37. The van der Waals surface area contributed by atoms with Gasteiger partial charge in [0.2, 0.25) is 0 Å². The molecule has 1 saturated heterocycles. The summed E-state index contributed by atoms with van der Waals surface area (Å²) in [7, 11) is -0.672. The van der Waals surface area contributed by atoms with Crippen LogP contribution in [0.3, 0.4) is 0 Å². The van der Waals surface area contributed by atoms with Crippen LogP contribution in [-0.2, 0) is 28.1 Å². The number of methoxy groups -OCH3 is 1. The number of carbonyl (C=O) groups is 1. The average Bonchev–Trinajstić information content (AvgIpc) is 3.57. The van der Waals surface area contributed by atoms with Crippen molar-refractivity contribution in [2.75, 3.05) is 19.0 Å². The molecule has 206 valence electrons. The monoisotopic (exact) mass is 551 g/mol. The van der Waals surface area contributed by atoms with E-state index in [0.29, 0.717) is 36.3 Å². The molecule has 0 saturated carbocycles. The number of anilines is 1. The van der Waals surface area contributed by atoms with Crippen LogP contribution in [0.25, 0.3) is 0 Å². The van der Waals surface area contributed by atoms with E-state index < -0.39 is 18.6 Å². The standard InChI is InChI=1S/C27H33N5O6Si/c1-17-25(39(3,4)21-8-6-20(37-2)7-9-21)24(11-13-31-16-18(12-14-33)29-30-31)38-27(17)22-15-19(32(35)36)5-10-23(22)28-26(27)34/h5-10,15-17,24-25,33H,11-14H2,1-4H3,(H,28,34)/t17-,24+,25-,27+/m1/s1. The Bertz CT molecular complexity index is 1390. The summed E-state index contributed by atoms with van der Waals surface area (Å²) in [6.45, 7) is 7.10. The second-order valence-corrected chi connectivity index (χ2v) is 15.5. The Labute approximate surface area is 227 Å². The third kappa shape index (κ3) is 4.51. The molecule has 0 aliphatic carbocycles. The number of aliphatic hydroxyl groups excluding tert-OH is 1. The number of fused-ring (bicyclic) bond motifs is 2. The molecule has 1 amide bonds. The molecule has 12 heteroatoms. The minimum absolute atomic E-state index is 0.00212. The number of nitrogens with one attached hydrogen (secondary N) is 1. The minimum atomic E-state index is -2.31. The number of non-ortho nitro benzene ring substituents is 1. The molecule has 3 heterocycles. The van der Waals surface area contributed by atoms with E-state index in [4.69, 9.17) is 9.47 Å². The van der Waals surface area contributed by atoms with Gasteiger partial charge in [-0.3, -0.25) is 19.6 Å². The van der Waals surface area contributed by atoms with Crippen LogP contribution >= 0.6 is 0 Å². The number of aliphatic hydroxyl groups is 1. The van der Waals surface area contributed by atoms with Crippen LogP contribution in [0.4, 0.5) is 11.4 Å². The molecule has 2 aliphatic heterocycles. The van der Waals surface area contributed by atoms with E-state index in [9.17, 15) is 20.0 Å². The molecule has 1 spiro atoms. The molecule has 11 nitrogen and oxygen atoms in total. The fourth-order valence-electron chi connectivity index (χ4n) is 6.44. The Morgan fingerprint density at radius 1 is 1.26 bits per heavy atom. The topological polar surface area (TPSA) is 142 Å². The van der Waals surface area contributed by atoms with Crippen molar-refractivity contribution < 1.29 is 24.3 Å². The van der Waals surface area contributed by atoms with Gasteiger partial charge in [0.25, 0.3) is 11.6 Å². The van der Waals surface area contributed by atoms with Crippen molar-refractivity contribution in [1.82, 2.24) is 15.0 Å². The van der Waals surface area contributed by atoms with Crippen LogP contribution in [-0.4, -0.2) is 58.8 Å². The highest BCUT2D eigenvalue weighted by molar-refractivity contribution is 6.91. The van der Waals surface area contributed by atoms with E-state index in [1.165, 1.54) is 17.3 Å². The Hall–Kier alpha value is -3.61. The van der Waals surface area contributed by atoms with Gasteiger partial charge >= 0.3 is 0 Å². The maximum Gasteiger partial charge on any atom is 0.269 e. The summed E-state index contributed by atoms with van der Waals surface area (Å²) in [6, 6.07) is 12.5. The van der Waals surface area contributed by atoms with Crippen molar-refractivity contribution in [3.05, 3.63) is 70.0 Å². The molecule has 4 atom stereocenters. The molecule has 2 aromatic carbocycles. The van der Waals surface area contributed by atoms with Gasteiger partial charge in [-0.1, -0.05) is 42.6 Å². The minimum Gasteiger partial charge on any atom is -0.497 e.